The van der Waals surface area contributed by atoms with Gasteiger partial charge in [0.25, 0.3) is 0 Å². The molecule has 0 saturated heterocycles. The second-order valence-electron chi connectivity index (χ2n) is 3.47. The van der Waals surface area contributed by atoms with Crippen LogP contribution >= 0.6 is 11.6 Å². The second kappa shape index (κ2) is 5.42. The molecule has 92 valence electrons. The topological polar surface area (TPSA) is 93.4 Å². The van der Waals surface area contributed by atoms with E-state index in [2.05, 4.69) is 24.9 Å². The van der Waals surface area contributed by atoms with Crippen molar-refractivity contribution in [2.75, 3.05) is 5.73 Å². The van der Waals surface area contributed by atoms with Gasteiger partial charge in [0.2, 0.25) is 5.95 Å². The molecule has 0 atom stereocenters. The first kappa shape index (κ1) is 12.3. The first-order chi connectivity index (χ1) is 8.68. The molecule has 3 N–H and O–H groups in total. The van der Waals surface area contributed by atoms with Gasteiger partial charge in [0.15, 0.2) is 0 Å². The van der Waals surface area contributed by atoms with Gasteiger partial charge in [-0.25, -0.2) is 15.0 Å². The average molecular weight is 263 g/mol. The minimum absolute atomic E-state index is 0.189. The van der Waals surface area contributed by atoms with Gasteiger partial charge < -0.3 is 10.7 Å². The molecule has 0 aliphatic rings. The van der Waals surface area contributed by atoms with E-state index >= 15 is 0 Å². The first-order valence-electron chi connectivity index (χ1n) is 5.15. The number of nitrogens with two attached hydrogens (primary N) is 1. The molecule has 0 fully saturated rings. The van der Waals surface area contributed by atoms with Crippen molar-refractivity contribution in [3.8, 4) is 0 Å². The molecule has 0 aliphatic heterocycles. The van der Waals surface area contributed by atoms with Crippen LogP contribution in [0.3, 0.4) is 0 Å². The fourth-order valence-electron chi connectivity index (χ4n) is 1.41. The van der Waals surface area contributed by atoms with Crippen molar-refractivity contribution < 1.29 is 0 Å². The minimum atomic E-state index is 0.189. The Morgan fingerprint density at radius 1 is 1.22 bits per heavy atom. The summed E-state index contributed by atoms with van der Waals surface area (Å²) in [6.07, 6.45) is 6.70. The number of aryl methyl sites for hydroxylation is 1. The Kier molecular flexibility index (Phi) is 3.69. The molecule has 0 aliphatic carbocycles. The SMILES string of the molecule is Cc1c[nH]c2nc(N)nc(Cl)c12.c1cncnc1. The van der Waals surface area contributed by atoms with E-state index in [1.807, 2.05) is 13.1 Å². The second-order valence-corrected chi connectivity index (χ2v) is 3.83. The van der Waals surface area contributed by atoms with Crippen LogP contribution in [0.15, 0.2) is 31.0 Å². The molecule has 3 rings (SSSR count). The van der Waals surface area contributed by atoms with Crippen molar-refractivity contribution in [2.45, 2.75) is 6.92 Å². The molecule has 3 heterocycles. The minimum Gasteiger partial charge on any atom is -0.368 e. The van der Waals surface area contributed by atoms with Gasteiger partial charge in [0.05, 0.1) is 5.39 Å². The molecule has 0 aromatic carbocycles. The molecular weight excluding hydrogens is 252 g/mol. The van der Waals surface area contributed by atoms with Crippen LogP contribution in [-0.4, -0.2) is 24.9 Å². The zero-order valence-electron chi connectivity index (χ0n) is 9.63. The van der Waals surface area contributed by atoms with Crippen LogP contribution in [-0.2, 0) is 0 Å². The molecule has 0 radical (unpaired) electrons. The third kappa shape index (κ3) is 2.72. The highest BCUT2D eigenvalue weighted by Crippen LogP contribution is 2.23. The number of nitrogens with zero attached hydrogens (tertiary/aromatic N) is 4. The number of anilines is 1. The number of aromatic nitrogens is 5. The van der Waals surface area contributed by atoms with Gasteiger partial charge in [0, 0.05) is 18.6 Å². The lowest BCUT2D eigenvalue weighted by Gasteiger charge is -1.95. The Balaban J connectivity index is 0.000000169. The van der Waals surface area contributed by atoms with Crippen LogP contribution in [0, 0.1) is 6.92 Å². The lowest BCUT2D eigenvalue weighted by molar-refractivity contribution is 1.17. The molecule has 0 saturated carbocycles. The zero-order chi connectivity index (χ0) is 13.0. The van der Waals surface area contributed by atoms with E-state index in [-0.39, 0.29) is 5.95 Å². The average Bonchev–Trinajstić information content (AvgIpc) is 2.74. The first-order valence-corrected chi connectivity index (χ1v) is 5.53. The Morgan fingerprint density at radius 2 is 1.94 bits per heavy atom. The van der Waals surface area contributed by atoms with Gasteiger partial charge in [-0.1, -0.05) is 11.6 Å². The van der Waals surface area contributed by atoms with E-state index in [0.717, 1.165) is 10.9 Å². The summed E-state index contributed by atoms with van der Waals surface area (Å²) >= 11 is 5.86. The summed E-state index contributed by atoms with van der Waals surface area (Å²) in [6.45, 7) is 1.93. The molecule has 0 amide bonds. The summed E-state index contributed by atoms with van der Waals surface area (Å²) in [7, 11) is 0. The number of nitrogen functional groups attached to an aromatic ring is 1. The molecule has 3 aromatic rings. The van der Waals surface area contributed by atoms with Crippen LogP contribution in [0.1, 0.15) is 5.56 Å². The van der Waals surface area contributed by atoms with Gasteiger partial charge in [0.1, 0.15) is 17.1 Å². The van der Waals surface area contributed by atoms with Crippen LogP contribution in [0.5, 0.6) is 0 Å². The van der Waals surface area contributed by atoms with Gasteiger partial charge in [-0.05, 0) is 18.6 Å². The quantitative estimate of drug-likeness (QED) is 0.604. The van der Waals surface area contributed by atoms with E-state index < -0.39 is 0 Å². The lowest BCUT2D eigenvalue weighted by Crippen LogP contribution is -1.94. The maximum atomic E-state index is 5.86. The summed E-state index contributed by atoms with van der Waals surface area (Å²) in [5.41, 5.74) is 7.12. The van der Waals surface area contributed by atoms with Crippen LogP contribution < -0.4 is 5.73 Å². The van der Waals surface area contributed by atoms with Crippen LogP contribution in [0.25, 0.3) is 11.0 Å². The normalized spacial score (nSPS) is 9.89. The maximum absolute atomic E-state index is 5.86. The molecular formula is C11H11ClN6. The highest BCUT2D eigenvalue weighted by atomic mass is 35.5. The van der Waals surface area contributed by atoms with E-state index in [1.54, 1.807) is 18.5 Å². The molecule has 0 unspecified atom stereocenters. The Bertz CT molecular complexity index is 610. The number of aromatic amines is 1. The largest absolute Gasteiger partial charge is 0.368 e. The van der Waals surface area contributed by atoms with Crippen molar-refractivity contribution >= 4 is 28.6 Å². The number of nitrogens with one attached hydrogen (secondary N) is 1. The van der Waals surface area contributed by atoms with Crippen molar-refractivity contribution in [3.63, 3.8) is 0 Å². The molecule has 3 aromatic heterocycles. The standard InChI is InChI=1S/C7H7ClN4.C4H4N2/c1-3-2-10-6-4(3)5(8)11-7(9)12-6;1-2-5-4-6-3-1/h2H,1H3,(H3,9,10,11,12);1-4H. The summed E-state index contributed by atoms with van der Waals surface area (Å²) in [5, 5.41) is 1.24. The predicted molar refractivity (Wildman–Crippen MR) is 70.1 cm³/mol. The van der Waals surface area contributed by atoms with Gasteiger partial charge >= 0.3 is 0 Å². The predicted octanol–water partition coefficient (Wildman–Crippen LogP) is 1.98. The monoisotopic (exact) mass is 262 g/mol. The number of fused-ring (bicyclic) bond motifs is 1. The van der Waals surface area contributed by atoms with Gasteiger partial charge in [-0.15, -0.1) is 0 Å². The molecule has 0 bridgehead atoms. The molecule has 0 spiro atoms. The van der Waals surface area contributed by atoms with Crippen molar-refractivity contribution in [1.82, 2.24) is 24.9 Å². The summed E-state index contributed by atoms with van der Waals surface area (Å²) in [4.78, 5) is 18.1. The third-order valence-electron chi connectivity index (χ3n) is 2.18. The zero-order valence-corrected chi connectivity index (χ0v) is 10.4. The fraction of sp³-hybridized carbons (Fsp3) is 0.0909. The third-order valence-corrected chi connectivity index (χ3v) is 2.45. The number of H-pyrrole nitrogens is 1. The van der Waals surface area contributed by atoms with E-state index in [1.165, 1.54) is 6.33 Å². The van der Waals surface area contributed by atoms with E-state index in [9.17, 15) is 0 Å². The number of hydrogen-bond acceptors (Lipinski definition) is 5. The van der Waals surface area contributed by atoms with E-state index in [0.29, 0.717) is 10.8 Å². The number of halogens is 1. The van der Waals surface area contributed by atoms with Crippen LogP contribution in [0.4, 0.5) is 5.95 Å². The Hall–Kier alpha value is -2.21. The Labute approximate surface area is 108 Å². The number of hydrogen-bond donors (Lipinski definition) is 2. The summed E-state index contributed by atoms with van der Waals surface area (Å²) in [6, 6.07) is 1.78. The smallest absolute Gasteiger partial charge is 0.223 e. The summed E-state index contributed by atoms with van der Waals surface area (Å²) < 4.78 is 0. The highest BCUT2D eigenvalue weighted by molar-refractivity contribution is 6.34. The van der Waals surface area contributed by atoms with Crippen molar-refractivity contribution in [1.29, 1.82) is 0 Å². The van der Waals surface area contributed by atoms with Gasteiger partial charge in [-0.2, -0.15) is 4.98 Å². The molecule has 7 heteroatoms. The highest BCUT2D eigenvalue weighted by Gasteiger charge is 2.07. The fourth-order valence-corrected chi connectivity index (χ4v) is 1.73. The summed E-state index contributed by atoms with van der Waals surface area (Å²) in [5.74, 6) is 0.189. The van der Waals surface area contributed by atoms with E-state index in [4.69, 9.17) is 17.3 Å². The van der Waals surface area contributed by atoms with Crippen molar-refractivity contribution in [3.05, 3.63) is 41.7 Å². The lowest BCUT2D eigenvalue weighted by atomic mass is 10.3. The molecule has 18 heavy (non-hydrogen) atoms. The Morgan fingerprint density at radius 3 is 2.50 bits per heavy atom. The number of rotatable bonds is 0. The van der Waals surface area contributed by atoms with Crippen molar-refractivity contribution in [2.24, 2.45) is 0 Å². The van der Waals surface area contributed by atoms with Crippen LogP contribution in [0.2, 0.25) is 5.15 Å². The van der Waals surface area contributed by atoms with Gasteiger partial charge in [-0.3, -0.25) is 0 Å². The molecule has 6 nitrogen and oxygen atoms in total. The maximum Gasteiger partial charge on any atom is 0.223 e.